The van der Waals surface area contributed by atoms with Gasteiger partial charge in [0.25, 0.3) is 0 Å². The van der Waals surface area contributed by atoms with E-state index in [-0.39, 0.29) is 0 Å². The van der Waals surface area contributed by atoms with Gasteiger partial charge < -0.3 is 9.79 Å². The molecule has 94 valence electrons. The molecule has 0 radical (unpaired) electrons. The van der Waals surface area contributed by atoms with Crippen LogP contribution in [-0.4, -0.2) is 23.3 Å². The van der Waals surface area contributed by atoms with E-state index < -0.39 is 0 Å². The third-order valence-corrected chi connectivity index (χ3v) is 3.13. The highest BCUT2D eigenvalue weighted by molar-refractivity contribution is 7.99. The van der Waals surface area contributed by atoms with Crippen LogP contribution in [0.5, 0.6) is 0 Å². The van der Waals surface area contributed by atoms with Crippen molar-refractivity contribution in [2.75, 3.05) is 23.0 Å². The molecule has 0 spiro atoms. The number of hydrogen-bond donors (Lipinski definition) is 1. The van der Waals surface area contributed by atoms with E-state index in [1.54, 1.807) is 6.92 Å². The number of nitrogens with zero attached hydrogens (tertiary/aromatic N) is 1. The minimum Gasteiger partial charge on any atom is -0.344 e. The molecule has 1 N–H and O–H groups in total. The lowest BCUT2D eigenvalue weighted by Gasteiger charge is -2.20. The molecule has 0 atom stereocenters. The van der Waals surface area contributed by atoms with E-state index in [0.29, 0.717) is 5.76 Å². The molecule has 0 heterocycles. The van der Waals surface area contributed by atoms with Crippen molar-refractivity contribution in [1.82, 2.24) is 0 Å². The highest BCUT2D eigenvalue weighted by Crippen LogP contribution is 2.16. The summed E-state index contributed by atoms with van der Waals surface area (Å²) in [5.41, 5.74) is 1.10. The quantitative estimate of drug-likeness (QED) is 0.348. The van der Waals surface area contributed by atoms with Crippen LogP contribution in [0.25, 0.3) is 0 Å². The van der Waals surface area contributed by atoms with E-state index in [9.17, 15) is 0 Å². The van der Waals surface area contributed by atoms with Crippen molar-refractivity contribution in [3.63, 3.8) is 0 Å². The van der Waals surface area contributed by atoms with Crippen LogP contribution in [-0.2, 0) is 4.89 Å². The summed E-state index contributed by atoms with van der Waals surface area (Å²) in [6.45, 7) is 4.77. The van der Waals surface area contributed by atoms with E-state index in [0.717, 1.165) is 23.7 Å². The summed E-state index contributed by atoms with van der Waals surface area (Å²) in [7, 11) is 0. The Balaban J connectivity index is 2.72. The number of benzene rings is 1. The van der Waals surface area contributed by atoms with Crippen LogP contribution in [0.15, 0.2) is 42.3 Å². The smallest absolute Gasteiger partial charge is 0.155 e. The first kappa shape index (κ1) is 13.9. The van der Waals surface area contributed by atoms with E-state index in [2.05, 4.69) is 16.7 Å². The van der Waals surface area contributed by atoms with E-state index in [1.807, 2.05) is 48.3 Å². The number of para-hydroxylation sites is 1. The summed E-state index contributed by atoms with van der Waals surface area (Å²) in [6.07, 6.45) is 1.81. The van der Waals surface area contributed by atoms with Gasteiger partial charge in [0.15, 0.2) is 5.76 Å². The first-order valence-electron chi connectivity index (χ1n) is 5.67. The van der Waals surface area contributed by atoms with Crippen molar-refractivity contribution in [2.24, 2.45) is 0 Å². The minimum atomic E-state index is 0.482. The molecule has 3 nitrogen and oxygen atoms in total. The Morgan fingerprint density at radius 1 is 1.41 bits per heavy atom. The van der Waals surface area contributed by atoms with Gasteiger partial charge in [0.2, 0.25) is 0 Å². The van der Waals surface area contributed by atoms with Gasteiger partial charge >= 0.3 is 0 Å². The zero-order chi connectivity index (χ0) is 12.5. The van der Waals surface area contributed by atoms with Gasteiger partial charge in [-0.1, -0.05) is 25.1 Å². The second-order valence-corrected chi connectivity index (χ2v) is 4.95. The van der Waals surface area contributed by atoms with Gasteiger partial charge in [-0.05, 0) is 24.8 Å². The molecule has 0 bridgehead atoms. The predicted octanol–water partition coefficient (Wildman–Crippen LogP) is 3.60. The third-order valence-electron chi connectivity index (χ3n) is 2.25. The first-order chi connectivity index (χ1) is 8.27. The molecule has 0 unspecified atom stereocenters. The second kappa shape index (κ2) is 8.03. The normalized spacial score (nSPS) is 11.4. The number of hydrogen-bond acceptors (Lipinski definition) is 4. The number of allylic oxidation sites excluding steroid dienone is 1. The Hall–Kier alpha value is -1.13. The molecular formula is C13H19NO2S. The molecule has 4 heteroatoms. The van der Waals surface area contributed by atoms with Crippen LogP contribution in [0.1, 0.15) is 13.8 Å². The fourth-order valence-electron chi connectivity index (χ4n) is 1.44. The number of anilines is 1. The summed E-state index contributed by atoms with van der Waals surface area (Å²) in [4.78, 5) is 6.30. The van der Waals surface area contributed by atoms with Crippen molar-refractivity contribution in [1.29, 1.82) is 0 Å². The van der Waals surface area contributed by atoms with Crippen LogP contribution in [0, 0.1) is 0 Å². The lowest BCUT2D eigenvalue weighted by molar-refractivity contribution is -0.202. The summed E-state index contributed by atoms with van der Waals surface area (Å²) < 4.78 is 0. The fourth-order valence-corrected chi connectivity index (χ4v) is 2.05. The summed E-state index contributed by atoms with van der Waals surface area (Å²) in [5, 5.41) is 8.60. The van der Waals surface area contributed by atoms with Gasteiger partial charge in [0, 0.05) is 24.2 Å². The largest absolute Gasteiger partial charge is 0.344 e. The molecule has 0 saturated carbocycles. The molecule has 0 amide bonds. The molecule has 0 aliphatic rings. The highest BCUT2D eigenvalue weighted by atomic mass is 32.2. The molecule has 0 fully saturated rings. The van der Waals surface area contributed by atoms with Crippen molar-refractivity contribution in [3.8, 4) is 0 Å². The Morgan fingerprint density at radius 3 is 2.71 bits per heavy atom. The van der Waals surface area contributed by atoms with E-state index >= 15 is 0 Å². The Bertz CT molecular complexity index is 341. The molecule has 1 aromatic carbocycles. The molecule has 17 heavy (non-hydrogen) atoms. The fraction of sp³-hybridized carbons (Fsp3) is 0.385. The van der Waals surface area contributed by atoms with Gasteiger partial charge in [-0.25, -0.2) is 5.26 Å². The summed E-state index contributed by atoms with van der Waals surface area (Å²) >= 11 is 1.89. The molecule has 0 saturated heterocycles. The molecule has 0 aromatic heterocycles. The maximum atomic E-state index is 8.60. The van der Waals surface area contributed by atoms with Crippen LogP contribution in [0.4, 0.5) is 5.69 Å². The van der Waals surface area contributed by atoms with E-state index in [4.69, 9.17) is 5.26 Å². The first-order valence-corrected chi connectivity index (χ1v) is 6.82. The van der Waals surface area contributed by atoms with Crippen molar-refractivity contribution in [3.05, 3.63) is 42.3 Å². The molecule has 1 rings (SSSR count). The Labute approximate surface area is 107 Å². The third kappa shape index (κ3) is 5.15. The lowest BCUT2D eigenvalue weighted by atomic mass is 10.3. The van der Waals surface area contributed by atoms with Crippen LogP contribution < -0.4 is 4.90 Å². The van der Waals surface area contributed by atoms with Gasteiger partial charge in [-0.3, -0.25) is 0 Å². The SMILES string of the molecule is CCSCCN(/C=C(/C)OO)c1ccccc1. The minimum absolute atomic E-state index is 0.482. The van der Waals surface area contributed by atoms with Crippen molar-refractivity contribution < 1.29 is 10.1 Å². The van der Waals surface area contributed by atoms with Gasteiger partial charge in [0.1, 0.15) is 0 Å². The van der Waals surface area contributed by atoms with Gasteiger partial charge in [-0.2, -0.15) is 11.8 Å². The van der Waals surface area contributed by atoms with E-state index in [1.165, 1.54) is 0 Å². The average Bonchev–Trinajstić information content (AvgIpc) is 2.38. The molecule has 1 aromatic rings. The maximum absolute atomic E-state index is 8.60. The molecular weight excluding hydrogens is 234 g/mol. The highest BCUT2D eigenvalue weighted by Gasteiger charge is 2.04. The van der Waals surface area contributed by atoms with Crippen LogP contribution in [0.2, 0.25) is 0 Å². The summed E-state index contributed by atoms with van der Waals surface area (Å²) in [5.74, 6) is 2.64. The molecule has 0 aliphatic carbocycles. The molecule has 0 aliphatic heterocycles. The monoisotopic (exact) mass is 253 g/mol. The Morgan fingerprint density at radius 2 is 2.12 bits per heavy atom. The average molecular weight is 253 g/mol. The Kier molecular flexibility index (Phi) is 6.58. The predicted molar refractivity (Wildman–Crippen MR) is 74.3 cm³/mol. The van der Waals surface area contributed by atoms with Crippen molar-refractivity contribution >= 4 is 17.4 Å². The maximum Gasteiger partial charge on any atom is 0.155 e. The summed E-state index contributed by atoms with van der Waals surface area (Å²) in [6, 6.07) is 10.1. The van der Waals surface area contributed by atoms with Gasteiger partial charge in [-0.15, -0.1) is 0 Å². The second-order valence-electron chi connectivity index (χ2n) is 3.56. The standard InChI is InChI=1S/C13H19NO2S/c1-3-17-10-9-14(11-12(2)16-15)13-7-5-4-6-8-13/h4-8,11,15H,3,9-10H2,1-2H3/b12-11-. The zero-order valence-electron chi connectivity index (χ0n) is 10.3. The van der Waals surface area contributed by atoms with Crippen LogP contribution in [0.3, 0.4) is 0 Å². The van der Waals surface area contributed by atoms with Crippen LogP contribution >= 0.6 is 11.8 Å². The van der Waals surface area contributed by atoms with Crippen molar-refractivity contribution in [2.45, 2.75) is 13.8 Å². The van der Waals surface area contributed by atoms with Gasteiger partial charge in [0.05, 0.1) is 0 Å². The lowest BCUT2D eigenvalue weighted by Crippen LogP contribution is -2.20. The number of rotatable bonds is 7. The zero-order valence-corrected chi connectivity index (χ0v) is 11.1. The number of thioether (sulfide) groups is 1. The topological polar surface area (TPSA) is 32.7 Å².